The Labute approximate surface area is 140 Å². The fraction of sp³-hybridized carbons (Fsp3) is 0.316. The minimum Gasteiger partial charge on any atom is -0.497 e. The standard InChI is InChI=1S/C19H20FNO3/c1-24-15-7-6-14(18(20)10-15)12-21-9-8-13(11-21)16-4-2-3-5-17(16)19(22)23/h2-7,10,13H,8-9,11-12H2,1H3,(H,22,23)/t13-/m0/s1. The lowest BCUT2D eigenvalue weighted by molar-refractivity contribution is 0.0695. The van der Waals surface area contributed by atoms with Crippen LogP contribution in [0.25, 0.3) is 0 Å². The molecule has 1 N–H and O–H groups in total. The van der Waals surface area contributed by atoms with Gasteiger partial charge in [0.1, 0.15) is 11.6 Å². The molecular weight excluding hydrogens is 309 g/mol. The molecule has 0 spiro atoms. The number of methoxy groups -OCH3 is 1. The van der Waals surface area contributed by atoms with Crippen molar-refractivity contribution in [3.05, 3.63) is 65.0 Å². The average Bonchev–Trinajstić information content (AvgIpc) is 3.05. The van der Waals surface area contributed by atoms with Crippen LogP contribution in [0.5, 0.6) is 5.75 Å². The van der Waals surface area contributed by atoms with Crippen LogP contribution in [0.3, 0.4) is 0 Å². The molecule has 1 heterocycles. The van der Waals surface area contributed by atoms with E-state index in [-0.39, 0.29) is 11.7 Å². The molecule has 0 radical (unpaired) electrons. The van der Waals surface area contributed by atoms with Crippen LogP contribution in [0.2, 0.25) is 0 Å². The van der Waals surface area contributed by atoms with Crippen molar-refractivity contribution in [2.24, 2.45) is 0 Å². The summed E-state index contributed by atoms with van der Waals surface area (Å²) in [5.74, 6) is -0.501. The predicted molar refractivity (Wildman–Crippen MR) is 89.0 cm³/mol. The largest absolute Gasteiger partial charge is 0.497 e. The molecule has 1 fully saturated rings. The van der Waals surface area contributed by atoms with Crippen molar-refractivity contribution in [3.63, 3.8) is 0 Å². The van der Waals surface area contributed by atoms with Crippen LogP contribution in [0.15, 0.2) is 42.5 Å². The lowest BCUT2D eigenvalue weighted by Gasteiger charge is -2.18. The lowest BCUT2D eigenvalue weighted by Crippen LogP contribution is -2.21. The zero-order valence-electron chi connectivity index (χ0n) is 13.5. The average molecular weight is 329 g/mol. The second-order valence-corrected chi connectivity index (χ2v) is 6.07. The van der Waals surface area contributed by atoms with Gasteiger partial charge in [-0.25, -0.2) is 9.18 Å². The Bertz CT molecular complexity index is 747. The van der Waals surface area contributed by atoms with Crippen molar-refractivity contribution in [3.8, 4) is 5.75 Å². The molecule has 0 aromatic heterocycles. The molecule has 3 rings (SSSR count). The number of nitrogens with zero attached hydrogens (tertiary/aromatic N) is 1. The Morgan fingerprint density at radius 1 is 1.33 bits per heavy atom. The van der Waals surface area contributed by atoms with E-state index in [4.69, 9.17) is 4.74 Å². The van der Waals surface area contributed by atoms with Crippen molar-refractivity contribution in [2.45, 2.75) is 18.9 Å². The molecule has 1 aliphatic heterocycles. The SMILES string of the molecule is COc1ccc(CN2CC[C@H](c3ccccc3C(=O)O)C2)c(F)c1. The highest BCUT2D eigenvalue weighted by Crippen LogP contribution is 2.31. The number of benzene rings is 2. The summed E-state index contributed by atoms with van der Waals surface area (Å²) in [6, 6.07) is 12.0. The Morgan fingerprint density at radius 2 is 2.12 bits per heavy atom. The number of halogens is 1. The summed E-state index contributed by atoms with van der Waals surface area (Å²) >= 11 is 0. The number of carbonyl (C=O) groups is 1. The van der Waals surface area contributed by atoms with Gasteiger partial charge in [-0.2, -0.15) is 0 Å². The summed E-state index contributed by atoms with van der Waals surface area (Å²) < 4.78 is 19.1. The van der Waals surface area contributed by atoms with Crippen LogP contribution < -0.4 is 4.74 Å². The van der Waals surface area contributed by atoms with Crippen LogP contribution in [0, 0.1) is 5.82 Å². The Morgan fingerprint density at radius 3 is 2.83 bits per heavy atom. The molecule has 0 bridgehead atoms. The van der Waals surface area contributed by atoms with E-state index in [0.29, 0.717) is 23.4 Å². The molecule has 1 atom stereocenters. The van der Waals surface area contributed by atoms with Gasteiger partial charge in [-0.3, -0.25) is 4.90 Å². The number of hydrogen-bond acceptors (Lipinski definition) is 3. The first-order valence-electron chi connectivity index (χ1n) is 7.95. The number of rotatable bonds is 5. The number of hydrogen-bond donors (Lipinski definition) is 1. The molecule has 2 aromatic carbocycles. The van der Waals surface area contributed by atoms with Gasteiger partial charge in [0.2, 0.25) is 0 Å². The van der Waals surface area contributed by atoms with Gasteiger partial charge in [-0.1, -0.05) is 24.3 Å². The fourth-order valence-corrected chi connectivity index (χ4v) is 3.30. The predicted octanol–water partition coefficient (Wildman–Crippen LogP) is 3.52. The molecule has 0 saturated carbocycles. The highest BCUT2D eigenvalue weighted by atomic mass is 19.1. The van der Waals surface area contributed by atoms with E-state index in [9.17, 15) is 14.3 Å². The first-order valence-corrected chi connectivity index (χ1v) is 7.95. The molecule has 4 nitrogen and oxygen atoms in total. The molecule has 1 aliphatic rings. The Balaban J connectivity index is 1.71. The van der Waals surface area contributed by atoms with E-state index in [2.05, 4.69) is 4.90 Å². The van der Waals surface area contributed by atoms with E-state index in [1.807, 2.05) is 12.1 Å². The van der Waals surface area contributed by atoms with Crippen molar-refractivity contribution in [1.82, 2.24) is 4.90 Å². The molecule has 1 saturated heterocycles. The first kappa shape index (κ1) is 16.5. The van der Waals surface area contributed by atoms with E-state index in [0.717, 1.165) is 25.1 Å². The van der Waals surface area contributed by atoms with Gasteiger partial charge in [0.25, 0.3) is 0 Å². The van der Waals surface area contributed by atoms with Crippen LogP contribution in [-0.4, -0.2) is 36.2 Å². The fourth-order valence-electron chi connectivity index (χ4n) is 3.30. The second-order valence-electron chi connectivity index (χ2n) is 6.07. The summed E-state index contributed by atoms with van der Waals surface area (Å²) in [7, 11) is 1.51. The lowest BCUT2D eigenvalue weighted by atomic mass is 9.93. The van der Waals surface area contributed by atoms with Gasteiger partial charge in [0, 0.05) is 24.7 Å². The smallest absolute Gasteiger partial charge is 0.335 e. The van der Waals surface area contributed by atoms with Gasteiger partial charge in [0.15, 0.2) is 0 Å². The third-order valence-electron chi connectivity index (χ3n) is 4.56. The Hall–Kier alpha value is -2.40. The highest BCUT2D eigenvalue weighted by molar-refractivity contribution is 5.89. The minimum absolute atomic E-state index is 0.165. The Kier molecular flexibility index (Phi) is 4.81. The number of aromatic carboxylic acids is 1. The van der Waals surface area contributed by atoms with Crippen LogP contribution in [-0.2, 0) is 6.54 Å². The maximum absolute atomic E-state index is 14.1. The van der Waals surface area contributed by atoms with Crippen LogP contribution in [0.4, 0.5) is 4.39 Å². The quantitative estimate of drug-likeness (QED) is 0.912. The number of carboxylic acids is 1. The van der Waals surface area contributed by atoms with Crippen LogP contribution in [0.1, 0.15) is 33.8 Å². The van der Waals surface area contributed by atoms with Crippen molar-refractivity contribution in [1.29, 1.82) is 0 Å². The summed E-state index contributed by atoms with van der Waals surface area (Å²) in [5.41, 5.74) is 1.85. The van der Waals surface area contributed by atoms with Gasteiger partial charge >= 0.3 is 5.97 Å². The van der Waals surface area contributed by atoms with E-state index >= 15 is 0 Å². The maximum Gasteiger partial charge on any atom is 0.335 e. The molecule has 0 amide bonds. The van der Waals surface area contributed by atoms with Crippen molar-refractivity contribution < 1.29 is 19.0 Å². The summed E-state index contributed by atoms with van der Waals surface area (Å²) in [6.07, 6.45) is 0.877. The van der Waals surface area contributed by atoms with E-state index in [1.54, 1.807) is 24.3 Å². The summed E-state index contributed by atoms with van der Waals surface area (Å²) in [4.78, 5) is 13.5. The van der Waals surface area contributed by atoms with Gasteiger partial charge in [0.05, 0.1) is 12.7 Å². The summed E-state index contributed by atoms with van der Waals surface area (Å²) in [5, 5.41) is 9.34. The normalized spacial score (nSPS) is 17.8. The van der Waals surface area contributed by atoms with Crippen LogP contribution >= 0.6 is 0 Å². The van der Waals surface area contributed by atoms with E-state index in [1.165, 1.54) is 13.2 Å². The van der Waals surface area contributed by atoms with Crippen molar-refractivity contribution in [2.75, 3.05) is 20.2 Å². The van der Waals surface area contributed by atoms with Gasteiger partial charge < -0.3 is 9.84 Å². The molecule has 5 heteroatoms. The zero-order valence-corrected chi connectivity index (χ0v) is 13.5. The molecule has 0 unspecified atom stereocenters. The number of carboxylic acid groups (broad SMARTS) is 1. The molecule has 2 aromatic rings. The summed E-state index contributed by atoms with van der Waals surface area (Å²) in [6.45, 7) is 2.07. The maximum atomic E-state index is 14.1. The number of ether oxygens (including phenoxy) is 1. The van der Waals surface area contributed by atoms with Gasteiger partial charge in [-0.05, 0) is 36.6 Å². The zero-order chi connectivity index (χ0) is 17.1. The highest BCUT2D eigenvalue weighted by Gasteiger charge is 2.27. The monoisotopic (exact) mass is 329 g/mol. The van der Waals surface area contributed by atoms with E-state index < -0.39 is 5.97 Å². The first-order chi connectivity index (χ1) is 11.6. The third kappa shape index (κ3) is 3.41. The topological polar surface area (TPSA) is 49.8 Å². The molecule has 126 valence electrons. The minimum atomic E-state index is -0.898. The molecule has 0 aliphatic carbocycles. The molecular formula is C19H20FNO3. The van der Waals surface area contributed by atoms with Crippen molar-refractivity contribution >= 4 is 5.97 Å². The van der Waals surface area contributed by atoms with Gasteiger partial charge in [-0.15, -0.1) is 0 Å². The number of likely N-dealkylation sites (tertiary alicyclic amines) is 1. The third-order valence-corrected chi connectivity index (χ3v) is 4.56. The second kappa shape index (κ2) is 7.01. The molecule has 24 heavy (non-hydrogen) atoms.